The number of nitrogens with zero attached hydrogens (tertiary/aromatic N) is 1. The van der Waals surface area contributed by atoms with Gasteiger partial charge in [0.25, 0.3) is 5.91 Å². The lowest BCUT2D eigenvalue weighted by atomic mass is 10.1. The number of carbonyl (C=O) groups is 1. The highest BCUT2D eigenvalue weighted by Crippen LogP contribution is 2.24. The summed E-state index contributed by atoms with van der Waals surface area (Å²) < 4.78 is 5.29. The van der Waals surface area contributed by atoms with Crippen LogP contribution in [0.15, 0.2) is 24.3 Å². The Morgan fingerprint density at radius 1 is 1.39 bits per heavy atom. The van der Waals surface area contributed by atoms with Gasteiger partial charge < -0.3 is 20.5 Å². The van der Waals surface area contributed by atoms with Crippen molar-refractivity contribution in [2.75, 3.05) is 24.7 Å². The van der Waals surface area contributed by atoms with Crippen LogP contribution < -0.4 is 10.6 Å². The highest BCUT2D eigenvalue weighted by molar-refractivity contribution is 5.95. The second-order valence-corrected chi connectivity index (χ2v) is 4.38. The molecule has 0 aromatic heterocycles. The number of amides is 1. The van der Waals surface area contributed by atoms with Gasteiger partial charge in [0.05, 0.1) is 12.6 Å². The summed E-state index contributed by atoms with van der Waals surface area (Å²) >= 11 is 0. The van der Waals surface area contributed by atoms with Crippen LogP contribution in [0.4, 0.5) is 5.69 Å². The Kier molecular flexibility index (Phi) is 4.17. The molecular weight excluding hydrogens is 232 g/mol. The minimum absolute atomic E-state index is 0.0272. The van der Waals surface area contributed by atoms with Crippen LogP contribution in [0.5, 0.6) is 5.75 Å². The average molecular weight is 250 g/mol. The SMILES string of the molecule is NCCCC1COCC(=O)N1c1ccc(O)cc1. The van der Waals surface area contributed by atoms with Crippen LogP contribution in [0.3, 0.4) is 0 Å². The van der Waals surface area contributed by atoms with E-state index in [0.717, 1.165) is 18.5 Å². The minimum Gasteiger partial charge on any atom is -0.508 e. The Balaban J connectivity index is 2.18. The second kappa shape index (κ2) is 5.84. The molecule has 3 N–H and O–H groups in total. The number of nitrogens with two attached hydrogens (primary N) is 1. The van der Waals surface area contributed by atoms with Crippen molar-refractivity contribution < 1.29 is 14.6 Å². The third kappa shape index (κ3) is 2.80. The lowest BCUT2D eigenvalue weighted by Gasteiger charge is -2.35. The van der Waals surface area contributed by atoms with Crippen molar-refractivity contribution >= 4 is 11.6 Å². The van der Waals surface area contributed by atoms with Crippen molar-refractivity contribution in [1.82, 2.24) is 0 Å². The zero-order chi connectivity index (χ0) is 13.0. The van der Waals surface area contributed by atoms with Gasteiger partial charge in [0.2, 0.25) is 0 Å². The van der Waals surface area contributed by atoms with E-state index in [9.17, 15) is 9.90 Å². The average Bonchev–Trinajstić information content (AvgIpc) is 2.38. The molecule has 2 rings (SSSR count). The highest BCUT2D eigenvalue weighted by atomic mass is 16.5. The quantitative estimate of drug-likeness (QED) is 0.831. The summed E-state index contributed by atoms with van der Waals surface area (Å²) in [6.07, 6.45) is 1.68. The van der Waals surface area contributed by atoms with Crippen LogP contribution in [-0.2, 0) is 9.53 Å². The van der Waals surface area contributed by atoms with E-state index >= 15 is 0 Å². The molecule has 1 aromatic rings. The number of carbonyl (C=O) groups excluding carboxylic acids is 1. The highest BCUT2D eigenvalue weighted by Gasteiger charge is 2.29. The number of benzene rings is 1. The number of rotatable bonds is 4. The van der Waals surface area contributed by atoms with Gasteiger partial charge in [-0.2, -0.15) is 0 Å². The largest absolute Gasteiger partial charge is 0.508 e. The van der Waals surface area contributed by atoms with E-state index in [4.69, 9.17) is 10.5 Å². The molecule has 5 nitrogen and oxygen atoms in total. The molecule has 5 heteroatoms. The van der Waals surface area contributed by atoms with Gasteiger partial charge in [-0.25, -0.2) is 0 Å². The number of phenolic OH excluding ortho intramolecular Hbond substituents is 1. The van der Waals surface area contributed by atoms with E-state index in [-0.39, 0.29) is 24.3 Å². The second-order valence-electron chi connectivity index (χ2n) is 4.38. The fourth-order valence-electron chi connectivity index (χ4n) is 2.16. The number of ether oxygens (including phenoxy) is 1. The van der Waals surface area contributed by atoms with E-state index in [1.165, 1.54) is 0 Å². The molecular formula is C13H18N2O3. The third-order valence-corrected chi connectivity index (χ3v) is 3.04. The molecule has 1 aliphatic heterocycles. The first-order valence-corrected chi connectivity index (χ1v) is 6.11. The van der Waals surface area contributed by atoms with Crippen molar-refractivity contribution in [3.8, 4) is 5.75 Å². The van der Waals surface area contributed by atoms with E-state index in [2.05, 4.69) is 0 Å². The van der Waals surface area contributed by atoms with E-state index < -0.39 is 0 Å². The van der Waals surface area contributed by atoms with Crippen molar-refractivity contribution in [2.24, 2.45) is 5.73 Å². The molecule has 0 radical (unpaired) electrons. The number of anilines is 1. The Bertz CT molecular complexity index is 405. The molecule has 1 heterocycles. The first-order chi connectivity index (χ1) is 8.72. The summed E-state index contributed by atoms with van der Waals surface area (Å²) in [5.74, 6) is 0.145. The zero-order valence-corrected chi connectivity index (χ0v) is 10.2. The molecule has 98 valence electrons. The molecule has 0 aliphatic carbocycles. The van der Waals surface area contributed by atoms with Crippen molar-refractivity contribution in [3.05, 3.63) is 24.3 Å². The number of morpholine rings is 1. The first kappa shape index (κ1) is 12.9. The zero-order valence-electron chi connectivity index (χ0n) is 10.2. The Morgan fingerprint density at radius 3 is 2.78 bits per heavy atom. The monoisotopic (exact) mass is 250 g/mol. The van der Waals surface area contributed by atoms with Gasteiger partial charge in [0, 0.05) is 5.69 Å². The van der Waals surface area contributed by atoms with Crippen LogP contribution in [0.1, 0.15) is 12.8 Å². The van der Waals surface area contributed by atoms with Crippen LogP contribution in [0.25, 0.3) is 0 Å². The molecule has 1 saturated heterocycles. The predicted molar refractivity (Wildman–Crippen MR) is 68.5 cm³/mol. The first-order valence-electron chi connectivity index (χ1n) is 6.11. The molecule has 1 fully saturated rings. The molecule has 1 aliphatic rings. The standard InChI is InChI=1S/C13H18N2O3/c14-7-1-2-11-8-18-9-13(17)15(11)10-3-5-12(16)6-4-10/h3-6,11,16H,1-2,7-9,14H2. The van der Waals surface area contributed by atoms with Gasteiger partial charge in [-0.15, -0.1) is 0 Å². The summed E-state index contributed by atoms with van der Waals surface area (Å²) in [6.45, 7) is 1.25. The maximum Gasteiger partial charge on any atom is 0.253 e. The van der Waals surface area contributed by atoms with Crippen molar-refractivity contribution in [3.63, 3.8) is 0 Å². The van der Waals surface area contributed by atoms with Gasteiger partial charge in [0.1, 0.15) is 12.4 Å². The number of phenols is 1. The minimum atomic E-state index is -0.0473. The summed E-state index contributed by atoms with van der Waals surface area (Å²) in [5.41, 5.74) is 6.30. The van der Waals surface area contributed by atoms with Gasteiger partial charge in [-0.3, -0.25) is 4.79 Å². The molecule has 0 bridgehead atoms. The van der Waals surface area contributed by atoms with Crippen LogP contribution in [0, 0.1) is 0 Å². The van der Waals surface area contributed by atoms with E-state index in [0.29, 0.717) is 13.2 Å². The fraction of sp³-hybridized carbons (Fsp3) is 0.462. The van der Waals surface area contributed by atoms with Gasteiger partial charge in [-0.05, 0) is 43.7 Å². The topological polar surface area (TPSA) is 75.8 Å². The maximum absolute atomic E-state index is 12.0. The summed E-state index contributed by atoms with van der Waals surface area (Å²) in [4.78, 5) is 13.7. The Hall–Kier alpha value is -1.59. The van der Waals surface area contributed by atoms with Gasteiger partial charge in [-0.1, -0.05) is 0 Å². The Labute approximate surface area is 106 Å². The summed E-state index contributed by atoms with van der Waals surface area (Å²) in [7, 11) is 0. The van der Waals surface area contributed by atoms with E-state index in [1.807, 2.05) is 0 Å². The van der Waals surface area contributed by atoms with Crippen LogP contribution >= 0.6 is 0 Å². The smallest absolute Gasteiger partial charge is 0.253 e. The maximum atomic E-state index is 12.0. The van der Waals surface area contributed by atoms with Crippen LogP contribution in [0.2, 0.25) is 0 Å². The molecule has 1 aromatic carbocycles. The molecule has 1 atom stereocenters. The number of hydrogen-bond donors (Lipinski definition) is 2. The molecule has 1 unspecified atom stereocenters. The summed E-state index contributed by atoms with van der Waals surface area (Å²) in [5, 5.41) is 9.28. The van der Waals surface area contributed by atoms with E-state index in [1.54, 1.807) is 29.2 Å². The van der Waals surface area contributed by atoms with Crippen molar-refractivity contribution in [2.45, 2.75) is 18.9 Å². The predicted octanol–water partition coefficient (Wildman–Crippen LogP) is 0.863. The van der Waals surface area contributed by atoms with Gasteiger partial charge in [0.15, 0.2) is 0 Å². The lowest BCUT2D eigenvalue weighted by molar-refractivity contribution is -0.127. The Morgan fingerprint density at radius 2 is 2.11 bits per heavy atom. The number of aromatic hydroxyl groups is 1. The normalized spacial score (nSPS) is 20.2. The third-order valence-electron chi connectivity index (χ3n) is 3.04. The molecule has 18 heavy (non-hydrogen) atoms. The molecule has 0 saturated carbocycles. The lowest BCUT2D eigenvalue weighted by Crippen LogP contribution is -2.49. The van der Waals surface area contributed by atoms with Crippen LogP contribution in [-0.4, -0.2) is 36.8 Å². The molecule has 1 amide bonds. The van der Waals surface area contributed by atoms with Crippen molar-refractivity contribution in [1.29, 1.82) is 0 Å². The number of hydrogen-bond acceptors (Lipinski definition) is 4. The molecule has 0 spiro atoms. The van der Waals surface area contributed by atoms with Gasteiger partial charge >= 0.3 is 0 Å². The summed E-state index contributed by atoms with van der Waals surface area (Å²) in [6, 6.07) is 6.68. The fourth-order valence-corrected chi connectivity index (χ4v) is 2.16.